The molecule has 0 fully saturated rings. The SMILES string of the molecule is C=C[C@@H]1Cc2c(C(F)(F)F)nn(CC(=O)N[C@@H](Cc3cc(F)cc(F)c3)c3nc(CCC(C)(C)S(C)(=O)=O)ccc3-c3ccc(Cl)c4c(N(C(=O)CCCN(CC(=O)O)C(=O)OCOP(=O)(O)O)S(C)(=O)=O)nn(CC(F)(F)F)c34)c2C1(F)F. The molecule has 0 aliphatic heterocycles. The Hall–Kier alpha value is -6.71. The number of rotatable bonds is 24. The highest BCUT2D eigenvalue weighted by molar-refractivity contribution is 7.93. The van der Waals surface area contributed by atoms with Crippen molar-refractivity contribution in [1.29, 1.82) is 0 Å². The molecule has 3 aromatic heterocycles. The zero-order chi connectivity index (χ0) is 63.0. The molecule has 36 heteroatoms. The Labute approximate surface area is 475 Å². The molecule has 1 aliphatic rings. The number of amides is 3. The smallest absolute Gasteiger partial charge is 0.472 e. The Bertz CT molecular complexity index is 3670. The van der Waals surface area contributed by atoms with Crippen molar-refractivity contribution in [2.75, 3.05) is 36.7 Å². The number of anilines is 1. The highest BCUT2D eigenvalue weighted by Gasteiger charge is 2.55. The molecule has 3 amide bonds. The molecule has 0 saturated carbocycles. The molecule has 6 rings (SSSR count). The van der Waals surface area contributed by atoms with Crippen LogP contribution in [0.2, 0.25) is 5.02 Å². The fourth-order valence-corrected chi connectivity index (χ4v) is 10.8. The van der Waals surface area contributed by atoms with Gasteiger partial charge in [0.05, 0.1) is 44.6 Å². The lowest BCUT2D eigenvalue weighted by atomic mass is 9.93. The molecule has 2 aromatic carbocycles. The second kappa shape index (κ2) is 24.7. The number of phosphoric acid groups is 1. The van der Waals surface area contributed by atoms with Crippen LogP contribution >= 0.6 is 19.4 Å². The number of nitrogens with one attached hydrogen (secondary N) is 1. The number of carbonyl (C=O) groups is 4. The molecule has 5 aromatic rings. The predicted molar refractivity (Wildman–Crippen MR) is 276 cm³/mol. The number of carboxylic acids is 1. The lowest BCUT2D eigenvalue weighted by Crippen LogP contribution is -2.39. The molecular weight excluding hydrogens is 1230 g/mol. The van der Waals surface area contributed by atoms with E-state index in [2.05, 4.69) is 36.3 Å². The lowest BCUT2D eigenvalue weighted by molar-refractivity contribution is -0.143. The maximum absolute atomic E-state index is 15.8. The number of hydrogen-bond acceptors (Lipinski definition) is 14. The van der Waals surface area contributed by atoms with E-state index in [4.69, 9.17) is 21.4 Å². The van der Waals surface area contributed by atoms with Gasteiger partial charge in [0.2, 0.25) is 28.6 Å². The largest absolute Gasteiger partial charge is 0.480 e. The number of allylic oxidation sites excluding steroid dienone is 1. The topological polar surface area (TPSA) is 300 Å². The minimum atomic E-state index is -5.32. The van der Waals surface area contributed by atoms with E-state index in [1.807, 2.05) is 0 Å². The number of pyridine rings is 1. The summed E-state index contributed by atoms with van der Waals surface area (Å²) in [4.78, 5) is 75.4. The molecule has 3 heterocycles. The Morgan fingerprint density at radius 1 is 0.976 bits per heavy atom. The molecule has 84 heavy (non-hydrogen) atoms. The number of benzene rings is 2. The predicted octanol–water partition coefficient (Wildman–Crippen LogP) is 7.78. The van der Waals surface area contributed by atoms with Gasteiger partial charge < -0.3 is 24.9 Å². The summed E-state index contributed by atoms with van der Waals surface area (Å²) in [5.41, 5.74) is -6.30. The van der Waals surface area contributed by atoms with Crippen molar-refractivity contribution >= 4 is 79.9 Å². The fourth-order valence-electron chi connectivity index (χ4n) is 9.01. The van der Waals surface area contributed by atoms with Gasteiger partial charge in [-0.2, -0.15) is 49.6 Å². The normalized spacial score (nSPS) is 15.2. The average Bonchev–Trinajstić information content (AvgIpc) is 1.62. The zero-order valence-corrected chi connectivity index (χ0v) is 47.4. The number of phosphoric ester groups is 1. The molecule has 0 unspecified atom stereocenters. The summed E-state index contributed by atoms with van der Waals surface area (Å²) in [6.45, 7) is -0.766. The first kappa shape index (κ1) is 66.4. The van der Waals surface area contributed by atoms with Gasteiger partial charge in [-0.3, -0.25) is 33.6 Å². The number of halogens is 11. The standard InChI is InChI=1S/C48H50ClF10N8O14PS2/c1-6-26-19-32-41(48(57,58)59)62-65(42(32)47(26,55)56)21-35(68)61-34(18-25-16-27(50)20-28(51)17-25)39-30(10-9-29(60-39)13-14-45(2,3)83(4,76)77)31-11-12-33(49)38-40(31)66(23-46(52,53)54)63-43(38)67(84(5,78)79)36(69)8-7-15-64(22-37(70)71)44(72)80-24-81-82(73,74)75/h6,9-12,16-17,20,26,34H,1,7-8,13-15,18-19,21-24H2,2-5H3,(H,61,68)(H,70,71)(H2,73,74,75)/t26-,34+/m1/s1. The van der Waals surface area contributed by atoms with E-state index < -0.39 is 207 Å². The third-order valence-electron chi connectivity index (χ3n) is 13.1. The summed E-state index contributed by atoms with van der Waals surface area (Å²) in [5.74, 6) is -14.0. The van der Waals surface area contributed by atoms with Gasteiger partial charge in [-0.25, -0.2) is 39.5 Å². The molecule has 0 spiro atoms. The number of ether oxygens (including phenoxy) is 1. The minimum Gasteiger partial charge on any atom is -0.480 e. The minimum absolute atomic E-state index is 0.0295. The van der Waals surface area contributed by atoms with Gasteiger partial charge in [0.1, 0.15) is 37.0 Å². The van der Waals surface area contributed by atoms with Gasteiger partial charge in [-0.15, -0.1) is 6.58 Å². The van der Waals surface area contributed by atoms with Crippen molar-refractivity contribution in [3.63, 3.8) is 0 Å². The highest BCUT2D eigenvalue weighted by Crippen LogP contribution is 2.50. The Kier molecular flexibility index (Phi) is 19.5. The van der Waals surface area contributed by atoms with E-state index in [1.54, 1.807) is 0 Å². The van der Waals surface area contributed by atoms with Gasteiger partial charge in [-0.05, 0) is 75.8 Å². The van der Waals surface area contributed by atoms with E-state index in [0.29, 0.717) is 17.2 Å². The second-order valence-corrected chi connectivity index (χ2v) is 25.9. The first-order valence-corrected chi connectivity index (χ1v) is 29.9. The van der Waals surface area contributed by atoms with Crippen LogP contribution in [0.15, 0.2) is 55.1 Å². The summed E-state index contributed by atoms with van der Waals surface area (Å²) in [5, 5.41) is 17.7. The Morgan fingerprint density at radius 3 is 2.17 bits per heavy atom. The van der Waals surface area contributed by atoms with Crippen LogP contribution in [0.3, 0.4) is 0 Å². The molecule has 0 bridgehead atoms. The average molecular weight is 1280 g/mol. The molecule has 0 saturated heterocycles. The number of fused-ring (bicyclic) bond motifs is 2. The molecule has 1 aliphatic carbocycles. The Balaban J connectivity index is 1.56. The van der Waals surface area contributed by atoms with Crippen LogP contribution in [0.4, 0.5) is 54.5 Å². The number of hydrogen-bond donors (Lipinski definition) is 4. The number of aromatic nitrogens is 5. The van der Waals surface area contributed by atoms with E-state index in [1.165, 1.54) is 26.0 Å². The van der Waals surface area contributed by atoms with Gasteiger partial charge in [0, 0.05) is 47.7 Å². The van der Waals surface area contributed by atoms with Crippen molar-refractivity contribution in [3.05, 3.63) is 106 Å². The van der Waals surface area contributed by atoms with Gasteiger partial charge in [-0.1, -0.05) is 29.8 Å². The van der Waals surface area contributed by atoms with Crippen LogP contribution in [0, 0.1) is 17.6 Å². The van der Waals surface area contributed by atoms with Crippen LogP contribution < -0.4 is 9.62 Å². The van der Waals surface area contributed by atoms with Crippen LogP contribution in [0.1, 0.15) is 73.1 Å². The number of aryl methyl sites for hydroxylation is 1. The van der Waals surface area contributed by atoms with Gasteiger partial charge in [0.15, 0.2) is 21.3 Å². The monoisotopic (exact) mass is 1280 g/mol. The van der Waals surface area contributed by atoms with E-state index in [-0.39, 0.29) is 43.3 Å². The highest BCUT2D eigenvalue weighted by atomic mass is 35.5. The van der Waals surface area contributed by atoms with Crippen LogP contribution in [0.5, 0.6) is 0 Å². The van der Waals surface area contributed by atoms with Crippen molar-refractivity contribution in [1.82, 2.24) is 34.8 Å². The van der Waals surface area contributed by atoms with Crippen molar-refractivity contribution in [2.24, 2.45) is 5.92 Å². The molecule has 22 nitrogen and oxygen atoms in total. The maximum Gasteiger partial charge on any atom is 0.472 e. The van der Waals surface area contributed by atoms with Crippen molar-refractivity contribution < 1.29 is 109 Å². The summed E-state index contributed by atoms with van der Waals surface area (Å²) in [7, 11) is -14.0. The first-order chi connectivity index (χ1) is 38.5. The first-order valence-electron chi connectivity index (χ1n) is 24.3. The zero-order valence-electron chi connectivity index (χ0n) is 44.1. The third-order valence-corrected chi connectivity index (χ3v) is 17.1. The van der Waals surface area contributed by atoms with E-state index in [9.17, 15) is 80.8 Å². The third kappa shape index (κ3) is 15.8. The molecule has 460 valence electrons. The number of carboxylic acid groups (broad SMARTS) is 1. The van der Waals surface area contributed by atoms with Crippen molar-refractivity contribution in [2.45, 2.75) is 94.5 Å². The summed E-state index contributed by atoms with van der Waals surface area (Å²) < 4.78 is 220. The molecule has 2 atom stereocenters. The van der Waals surface area contributed by atoms with Gasteiger partial charge in [0.25, 0.3) is 5.92 Å². The number of nitrogens with zero attached hydrogens (tertiary/aromatic N) is 7. The molecule has 4 N–H and O–H groups in total. The number of sulfone groups is 1. The van der Waals surface area contributed by atoms with Crippen molar-refractivity contribution in [3.8, 4) is 11.1 Å². The fraction of sp³-hybridized carbons (Fsp3) is 0.438. The summed E-state index contributed by atoms with van der Waals surface area (Å²) >= 11 is 6.67. The number of alkyl halides is 8. The Morgan fingerprint density at radius 2 is 1.61 bits per heavy atom. The molecular formula is C48H50ClF10N8O14PS2. The number of aliphatic carboxylic acids is 1. The van der Waals surface area contributed by atoms with E-state index >= 15 is 8.78 Å². The second-order valence-electron chi connectivity index (χ2n) is 19.8. The van der Waals surface area contributed by atoms with Gasteiger partial charge >= 0.3 is 32.2 Å². The van der Waals surface area contributed by atoms with Crippen LogP contribution in [0.25, 0.3) is 22.0 Å². The summed E-state index contributed by atoms with van der Waals surface area (Å²) in [6, 6.07) is 4.61. The molecule has 0 radical (unpaired) electrons. The number of sulfonamides is 1. The number of carbonyl (C=O) groups excluding carboxylic acids is 3. The quantitative estimate of drug-likeness (QED) is 0.0198. The van der Waals surface area contributed by atoms with E-state index in [0.717, 1.165) is 36.6 Å². The summed E-state index contributed by atoms with van der Waals surface area (Å²) in [6.07, 6.45) is -13.7. The lowest BCUT2D eigenvalue weighted by Gasteiger charge is -2.25. The maximum atomic E-state index is 15.8. The van der Waals surface area contributed by atoms with Crippen LogP contribution in [-0.2, 0) is 92.5 Å². The van der Waals surface area contributed by atoms with Crippen LogP contribution in [-0.4, -0.2) is 128 Å².